The van der Waals surface area contributed by atoms with Gasteiger partial charge in [-0.1, -0.05) is 11.8 Å². The van der Waals surface area contributed by atoms with Gasteiger partial charge in [-0.05, 0) is 12.1 Å². The van der Waals surface area contributed by atoms with Gasteiger partial charge in [0.25, 0.3) is 5.69 Å². The van der Waals surface area contributed by atoms with E-state index in [2.05, 4.69) is 21.3 Å². The standard InChI is InChI=1S/C11H9NO5/c1-16-11(13)17-8-2-3-9-4-6-10(7-5-9)12(14)15/h4-7H,8H2,1H3. The molecule has 1 aromatic rings. The van der Waals surface area contributed by atoms with Crippen molar-refractivity contribution >= 4 is 11.8 Å². The van der Waals surface area contributed by atoms with Gasteiger partial charge in [-0.2, -0.15) is 0 Å². The van der Waals surface area contributed by atoms with E-state index in [0.29, 0.717) is 5.56 Å². The molecule has 0 aliphatic heterocycles. The Morgan fingerprint density at radius 2 is 2.06 bits per heavy atom. The van der Waals surface area contributed by atoms with Crippen molar-refractivity contribution in [1.29, 1.82) is 0 Å². The summed E-state index contributed by atoms with van der Waals surface area (Å²) in [4.78, 5) is 20.4. The van der Waals surface area contributed by atoms with Gasteiger partial charge in [0.1, 0.15) is 0 Å². The Bertz CT molecular complexity index is 469. The van der Waals surface area contributed by atoms with Crippen molar-refractivity contribution < 1.29 is 19.2 Å². The Hall–Kier alpha value is -2.55. The SMILES string of the molecule is COC(=O)OCC#Cc1ccc([N+](=O)[O-])cc1. The van der Waals surface area contributed by atoms with Gasteiger partial charge in [0.15, 0.2) is 6.61 Å². The Morgan fingerprint density at radius 1 is 1.41 bits per heavy atom. The lowest BCUT2D eigenvalue weighted by molar-refractivity contribution is -0.384. The van der Waals surface area contributed by atoms with Gasteiger partial charge >= 0.3 is 6.16 Å². The van der Waals surface area contributed by atoms with Crippen LogP contribution in [0.2, 0.25) is 0 Å². The fourth-order valence-electron chi connectivity index (χ4n) is 0.959. The summed E-state index contributed by atoms with van der Waals surface area (Å²) < 4.78 is 8.77. The first kappa shape index (κ1) is 12.5. The molecule has 6 nitrogen and oxygen atoms in total. The lowest BCUT2D eigenvalue weighted by atomic mass is 10.2. The molecule has 0 amide bonds. The van der Waals surface area contributed by atoms with Crippen LogP contribution in [0.1, 0.15) is 5.56 Å². The van der Waals surface area contributed by atoms with Crippen LogP contribution in [0.3, 0.4) is 0 Å². The molecule has 0 aliphatic rings. The third-order valence-electron chi connectivity index (χ3n) is 1.74. The van der Waals surface area contributed by atoms with Crippen LogP contribution in [0.15, 0.2) is 24.3 Å². The second kappa shape index (κ2) is 6.12. The summed E-state index contributed by atoms with van der Waals surface area (Å²) in [5.41, 5.74) is 0.602. The summed E-state index contributed by atoms with van der Waals surface area (Å²) in [6.07, 6.45) is -0.803. The van der Waals surface area contributed by atoms with E-state index in [4.69, 9.17) is 0 Å². The number of non-ortho nitro benzene ring substituents is 1. The molecule has 0 atom stereocenters. The van der Waals surface area contributed by atoms with Crippen molar-refractivity contribution in [3.05, 3.63) is 39.9 Å². The van der Waals surface area contributed by atoms with Gasteiger partial charge in [-0.3, -0.25) is 10.1 Å². The van der Waals surface area contributed by atoms with Crippen LogP contribution in [-0.2, 0) is 9.47 Å². The van der Waals surface area contributed by atoms with E-state index in [1.807, 2.05) is 0 Å². The van der Waals surface area contributed by atoms with Gasteiger partial charge in [-0.15, -0.1) is 0 Å². The maximum Gasteiger partial charge on any atom is 0.508 e. The molecule has 0 spiro atoms. The maximum atomic E-state index is 10.6. The predicted octanol–water partition coefficient (Wildman–Crippen LogP) is 1.73. The first-order chi connectivity index (χ1) is 8.13. The predicted molar refractivity (Wildman–Crippen MR) is 58.3 cm³/mol. The van der Waals surface area contributed by atoms with E-state index in [1.165, 1.54) is 31.4 Å². The normalized spacial score (nSPS) is 8.76. The first-order valence-corrected chi connectivity index (χ1v) is 4.57. The van der Waals surface area contributed by atoms with Crippen molar-refractivity contribution in [1.82, 2.24) is 0 Å². The van der Waals surface area contributed by atoms with Crippen LogP contribution in [-0.4, -0.2) is 24.8 Å². The maximum absolute atomic E-state index is 10.6. The smallest absolute Gasteiger partial charge is 0.438 e. The summed E-state index contributed by atoms with van der Waals surface area (Å²) in [6.45, 7) is -0.0936. The number of rotatable bonds is 2. The minimum Gasteiger partial charge on any atom is -0.438 e. The van der Waals surface area contributed by atoms with Crippen molar-refractivity contribution in [3.8, 4) is 11.8 Å². The Balaban J connectivity index is 2.55. The van der Waals surface area contributed by atoms with Crippen LogP contribution < -0.4 is 0 Å². The number of nitro benzene ring substituents is 1. The molecule has 0 fully saturated rings. The number of nitro groups is 1. The number of methoxy groups -OCH3 is 1. The van der Waals surface area contributed by atoms with Crippen molar-refractivity contribution in [2.75, 3.05) is 13.7 Å². The Morgan fingerprint density at radius 3 is 2.59 bits per heavy atom. The van der Waals surface area contributed by atoms with E-state index in [0.717, 1.165) is 0 Å². The van der Waals surface area contributed by atoms with Crippen LogP contribution in [0.5, 0.6) is 0 Å². The van der Waals surface area contributed by atoms with Gasteiger partial charge in [0.05, 0.1) is 12.0 Å². The molecular formula is C11H9NO5. The highest BCUT2D eigenvalue weighted by Crippen LogP contribution is 2.10. The van der Waals surface area contributed by atoms with Crippen LogP contribution >= 0.6 is 0 Å². The number of carbonyl (C=O) groups is 1. The number of carbonyl (C=O) groups excluding carboxylic acids is 1. The first-order valence-electron chi connectivity index (χ1n) is 4.57. The second-order valence-electron chi connectivity index (χ2n) is 2.85. The number of hydrogen-bond acceptors (Lipinski definition) is 5. The third kappa shape index (κ3) is 4.22. The Kier molecular flexibility index (Phi) is 4.51. The van der Waals surface area contributed by atoms with Crippen LogP contribution in [0.4, 0.5) is 10.5 Å². The summed E-state index contributed by atoms with van der Waals surface area (Å²) >= 11 is 0. The number of hydrogen-bond donors (Lipinski definition) is 0. The molecule has 1 rings (SSSR count). The molecule has 17 heavy (non-hydrogen) atoms. The molecule has 0 aliphatic carbocycles. The van der Waals surface area contributed by atoms with Crippen LogP contribution in [0, 0.1) is 22.0 Å². The summed E-state index contributed by atoms with van der Waals surface area (Å²) in [5, 5.41) is 10.4. The minimum absolute atomic E-state index is 0.00126. The molecule has 1 aromatic carbocycles. The van der Waals surface area contributed by atoms with E-state index < -0.39 is 11.1 Å². The highest BCUT2D eigenvalue weighted by Gasteiger charge is 2.02. The van der Waals surface area contributed by atoms with Gasteiger partial charge in [0.2, 0.25) is 0 Å². The zero-order chi connectivity index (χ0) is 12.7. The number of ether oxygens (including phenoxy) is 2. The van der Waals surface area contributed by atoms with Gasteiger partial charge in [0, 0.05) is 17.7 Å². The largest absolute Gasteiger partial charge is 0.508 e. The van der Waals surface area contributed by atoms with Gasteiger partial charge < -0.3 is 9.47 Å². The van der Waals surface area contributed by atoms with Crippen molar-refractivity contribution in [2.24, 2.45) is 0 Å². The average molecular weight is 235 g/mol. The molecule has 88 valence electrons. The van der Waals surface area contributed by atoms with E-state index in [9.17, 15) is 14.9 Å². The number of nitrogens with zero attached hydrogens (tertiary/aromatic N) is 1. The zero-order valence-corrected chi connectivity index (χ0v) is 9.00. The van der Waals surface area contributed by atoms with E-state index >= 15 is 0 Å². The lowest BCUT2D eigenvalue weighted by Crippen LogP contribution is -2.03. The lowest BCUT2D eigenvalue weighted by Gasteiger charge is -1.95. The van der Waals surface area contributed by atoms with E-state index in [-0.39, 0.29) is 12.3 Å². The van der Waals surface area contributed by atoms with Gasteiger partial charge in [-0.25, -0.2) is 4.79 Å². The van der Waals surface area contributed by atoms with Crippen molar-refractivity contribution in [3.63, 3.8) is 0 Å². The second-order valence-corrected chi connectivity index (χ2v) is 2.85. The molecule has 0 saturated carbocycles. The molecule has 0 N–H and O–H groups in total. The van der Waals surface area contributed by atoms with Crippen molar-refractivity contribution in [2.45, 2.75) is 0 Å². The monoisotopic (exact) mass is 235 g/mol. The third-order valence-corrected chi connectivity index (χ3v) is 1.74. The van der Waals surface area contributed by atoms with E-state index in [1.54, 1.807) is 0 Å². The molecule has 0 unspecified atom stereocenters. The molecule has 0 saturated heterocycles. The molecule has 0 heterocycles. The molecule has 0 radical (unpaired) electrons. The highest BCUT2D eigenvalue weighted by atomic mass is 16.7. The zero-order valence-electron chi connectivity index (χ0n) is 9.00. The fourth-order valence-corrected chi connectivity index (χ4v) is 0.959. The number of benzene rings is 1. The summed E-state index contributed by atoms with van der Waals surface area (Å²) in [5.74, 6) is 5.26. The highest BCUT2D eigenvalue weighted by molar-refractivity contribution is 5.59. The average Bonchev–Trinajstić information content (AvgIpc) is 2.34. The fraction of sp³-hybridized carbons (Fsp3) is 0.182. The molecule has 0 bridgehead atoms. The summed E-state index contributed by atoms with van der Waals surface area (Å²) in [7, 11) is 1.20. The quantitative estimate of drug-likeness (QED) is 0.337. The molecule has 6 heteroatoms. The topological polar surface area (TPSA) is 78.7 Å². The summed E-state index contributed by atoms with van der Waals surface area (Å²) in [6, 6.07) is 5.74. The molecular weight excluding hydrogens is 226 g/mol. The Labute approximate surface area is 97.3 Å². The minimum atomic E-state index is -0.803. The molecule has 0 aromatic heterocycles. The van der Waals surface area contributed by atoms with Crippen LogP contribution in [0.25, 0.3) is 0 Å².